The van der Waals surface area contributed by atoms with E-state index in [2.05, 4.69) is 6.07 Å². The summed E-state index contributed by atoms with van der Waals surface area (Å²) in [5.74, 6) is 2.99. The van der Waals surface area contributed by atoms with E-state index in [1.807, 2.05) is 48.2 Å². The average Bonchev–Trinajstić information content (AvgIpc) is 2.56. The molecule has 0 amide bonds. The Morgan fingerprint density at radius 1 is 1.05 bits per heavy atom. The van der Waals surface area contributed by atoms with Crippen LogP contribution in [-0.2, 0) is 0 Å². The van der Waals surface area contributed by atoms with E-state index in [-0.39, 0.29) is 5.43 Å². The van der Waals surface area contributed by atoms with E-state index in [0.29, 0.717) is 27.9 Å². The monoisotopic (exact) mass is 296 g/mol. The lowest BCUT2D eigenvalue weighted by molar-refractivity contribution is 0.652. The molecular weight excluding hydrogens is 280 g/mol. The Bertz CT molecular complexity index is 860. The van der Waals surface area contributed by atoms with Gasteiger partial charge in [0, 0.05) is 5.75 Å². The van der Waals surface area contributed by atoms with E-state index in [1.54, 1.807) is 0 Å². The molecule has 1 aliphatic heterocycles. The average molecular weight is 296 g/mol. The summed E-state index contributed by atoms with van der Waals surface area (Å²) in [5.41, 5.74) is 2.70. The minimum absolute atomic E-state index is 0.0807. The molecule has 4 rings (SSSR count). The maximum atomic E-state index is 12.7. The number of rotatable bonds is 1. The van der Waals surface area contributed by atoms with E-state index in [4.69, 9.17) is 4.42 Å². The van der Waals surface area contributed by atoms with Crippen LogP contribution in [0.15, 0.2) is 51.7 Å². The molecule has 1 unspecified atom stereocenters. The summed E-state index contributed by atoms with van der Waals surface area (Å²) in [6, 6.07) is 13.6. The summed E-state index contributed by atoms with van der Waals surface area (Å²) < 4.78 is 5.86. The van der Waals surface area contributed by atoms with Crippen molar-refractivity contribution in [2.75, 3.05) is 11.5 Å². The first kappa shape index (κ1) is 13.0. The second-order valence-electron chi connectivity index (χ2n) is 5.60. The lowest BCUT2D eigenvalue weighted by Crippen LogP contribution is -2.09. The van der Waals surface area contributed by atoms with Crippen LogP contribution in [-0.4, -0.2) is 11.5 Å². The molecule has 1 saturated heterocycles. The van der Waals surface area contributed by atoms with Crippen molar-refractivity contribution in [3.8, 4) is 0 Å². The second-order valence-corrected chi connectivity index (χ2v) is 6.75. The van der Waals surface area contributed by atoms with Gasteiger partial charge in [-0.2, -0.15) is 11.8 Å². The first-order valence-corrected chi connectivity index (χ1v) is 8.51. The van der Waals surface area contributed by atoms with Gasteiger partial charge in [0.05, 0.1) is 10.8 Å². The highest BCUT2D eigenvalue weighted by Crippen LogP contribution is 2.32. The zero-order valence-electron chi connectivity index (χ0n) is 11.7. The molecule has 2 heterocycles. The summed E-state index contributed by atoms with van der Waals surface area (Å²) in [4.78, 5) is 12.7. The minimum Gasteiger partial charge on any atom is -0.456 e. The van der Waals surface area contributed by atoms with Crippen molar-refractivity contribution in [1.29, 1.82) is 0 Å². The molecule has 0 bridgehead atoms. The Labute approximate surface area is 127 Å². The first-order chi connectivity index (χ1) is 10.3. The largest absolute Gasteiger partial charge is 0.456 e. The van der Waals surface area contributed by atoms with Crippen LogP contribution in [0.3, 0.4) is 0 Å². The van der Waals surface area contributed by atoms with E-state index < -0.39 is 0 Å². The highest BCUT2D eigenvalue weighted by Gasteiger charge is 2.17. The summed E-state index contributed by atoms with van der Waals surface area (Å²) >= 11 is 2.01. The number of hydrogen-bond donors (Lipinski definition) is 0. The van der Waals surface area contributed by atoms with Gasteiger partial charge in [-0.05, 0) is 54.3 Å². The quantitative estimate of drug-likeness (QED) is 0.617. The minimum atomic E-state index is 0.0807. The number of para-hydroxylation sites is 1. The predicted molar refractivity (Wildman–Crippen MR) is 89.3 cm³/mol. The third-order valence-electron chi connectivity index (χ3n) is 4.23. The maximum Gasteiger partial charge on any atom is 0.200 e. The summed E-state index contributed by atoms with van der Waals surface area (Å²) in [5, 5.41) is 1.38. The molecule has 21 heavy (non-hydrogen) atoms. The fourth-order valence-electron chi connectivity index (χ4n) is 3.08. The second kappa shape index (κ2) is 5.23. The van der Waals surface area contributed by atoms with Gasteiger partial charge < -0.3 is 4.42 Å². The molecule has 1 fully saturated rings. The third kappa shape index (κ3) is 2.26. The molecule has 3 heteroatoms. The van der Waals surface area contributed by atoms with Crippen molar-refractivity contribution in [2.24, 2.45) is 0 Å². The van der Waals surface area contributed by atoms with Crippen LogP contribution in [0.1, 0.15) is 24.3 Å². The van der Waals surface area contributed by atoms with Crippen LogP contribution in [0.2, 0.25) is 0 Å². The fourth-order valence-corrected chi connectivity index (χ4v) is 4.26. The molecular formula is C18H16O2S. The van der Waals surface area contributed by atoms with Gasteiger partial charge in [-0.25, -0.2) is 0 Å². The number of hydrogen-bond acceptors (Lipinski definition) is 3. The highest BCUT2D eigenvalue weighted by atomic mass is 32.2. The zero-order chi connectivity index (χ0) is 14.2. The van der Waals surface area contributed by atoms with Gasteiger partial charge in [-0.1, -0.05) is 18.2 Å². The molecule has 2 aromatic carbocycles. The lowest BCUT2D eigenvalue weighted by Gasteiger charge is -2.21. The summed E-state index contributed by atoms with van der Waals surface area (Å²) in [6.45, 7) is 0. The fraction of sp³-hybridized carbons (Fsp3) is 0.278. The summed E-state index contributed by atoms with van der Waals surface area (Å²) in [7, 11) is 0. The molecule has 1 aliphatic rings. The van der Waals surface area contributed by atoms with Crippen LogP contribution in [0, 0.1) is 0 Å². The molecule has 0 saturated carbocycles. The summed E-state index contributed by atoms with van der Waals surface area (Å²) in [6.07, 6.45) is 2.48. The van der Waals surface area contributed by atoms with Crippen molar-refractivity contribution in [1.82, 2.24) is 0 Å². The highest BCUT2D eigenvalue weighted by molar-refractivity contribution is 7.99. The van der Waals surface area contributed by atoms with E-state index >= 15 is 0 Å². The Morgan fingerprint density at radius 3 is 2.76 bits per heavy atom. The number of fused-ring (bicyclic) bond motifs is 2. The Morgan fingerprint density at radius 2 is 1.90 bits per heavy atom. The zero-order valence-corrected chi connectivity index (χ0v) is 12.5. The Kier molecular flexibility index (Phi) is 3.23. The molecule has 0 spiro atoms. The van der Waals surface area contributed by atoms with Crippen LogP contribution in [0.4, 0.5) is 0 Å². The number of benzene rings is 2. The first-order valence-electron chi connectivity index (χ1n) is 7.36. The van der Waals surface area contributed by atoms with E-state index in [1.165, 1.54) is 24.2 Å². The topological polar surface area (TPSA) is 30.2 Å². The Balaban J connectivity index is 1.92. The number of thioether (sulfide) groups is 1. The van der Waals surface area contributed by atoms with Crippen LogP contribution < -0.4 is 5.43 Å². The van der Waals surface area contributed by atoms with Crippen LogP contribution in [0.25, 0.3) is 21.9 Å². The molecule has 106 valence electrons. The molecule has 1 aromatic heterocycles. The maximum absolute atomic E-state index is 12.7. The van der Waals surface area contributed by atoms with E-state index in [0.717, 1.165) is 5.75 Å². The van der Waals surface area contributed by atoms with E-state index in [9.17, 15) is 4.79 Å². The van der Waals surface area contributed by atoms with Crippen LogP contribution in [0.5, 0.6) is 0 Å². The van der Waals surface area contributed by atoms with Crippen molar-refractivity contribution < 1.29 is 4.42 Å². The van der Waals surface area contributed by atoms with Crippen molar-refractivity contribution >= 4 is 33.7 Å². The molecule has 1 atom stereocenters. The SMILES string of the molecule is O=c1c2ccccc2oc2ccc(C3CCCSC3)cc12. The van der Waals surface area contributed by atoms with Gasteiger partial charge in [0.2, 0.25) is 5.43 Å². The van der Waals surface area contributed by atoms with Gasteiger partial charge in [0.15, 0.2) is 0 Å². The smallest absolute Gasteiger partial charge is 0.200 e. The van der Waals surface area contributed by atoms with Crippen molar-refractivity contribution in [3.63, 3.8) is 0 Å². The van der Waals surface area contributed by atoms with Gasteiger partial charge in [-0.15, -0.1) is 0 Å². The molecule has 0 N–H and O–H groups in total. The predicted octanol–water partition coefficient (Wildman–Crippen LogP) is 4.56. The molecule has 3 aromatic rings. The Hall–Kier alpha value is -1.74. The normalized spacial score (nSPS) is 19.1. The molecule has 0 radical (unpaired) electrons. The van der Waals surface area contributed by atoms with Crippen LogP contribution >= 0.6 is 11.8 Å². The molecule has 0 aliphatic carbocycles. The third-order valence-corrected chi connectivity index (χ3v) is 5.45. The van der Waals surface area contributed by atoms with Crippen molar-refractivity contribution in [2.45, 2.75) is 18.8 Å². The lowest BCUT2D eigenvalue weighted by atomic mass is 9.94. The van der Waals surface area contributed by atoms with Gasteiger partial charge >= 0.3 is 0 Å². The standard InChI is InChI=1S/C18H16O2S/c19-18-14-5-1-2-6-16(14)20-17-8-7-12(10-15(17)18)13-4-3-9-21-11-13/h1-2,5-8,10,13H,3-4,9,11H2. The van der Waals surface area contributed by atoms with Gasteiger partial charge in [0.25, 0.3) is 0 Å². The van der Waals surface area contributed by atoms with Crippen molar-refractivity contribution in [3.05, 3.63) is 58.3 Å². The van der Waals surface area contributed by atoms with Gasteiger partial charge in [-0.3, -0.25) is 4.79 Å². The molecule has 2 nitrogen and oxygen atoms in total. The van der Waals surface area contributed by atoms with Gasteiger partial charge in [0.1, 0.15) is 11.2 Å².